The Morgan fingerprint density at radius 3 is 2.28 bits per heavy atom. The van der Waals surface area contributed by atoms with Crippen molar-refractivity contribution in [3.8, 4) is 0 Å². The SMILES string of the molecule is CCOC(=O)C(C1=CCCC1)=C(C)C1=CCCC1. The lowest BCUT2D eigenvalue weighted by Crippen LogP contribution is -2.12. The quantitative estimate of drug-likeness (QED) is 0.551. The van der Waals surface area contributed by atoms with Gasteiger partial charge in [-0.05, 0) is 69.1 Å². The van der Waals surface area contributed by atoms with Crippen molar-refractivity contribution in [3.63, 3.8) is 0 Å². The van der Waals surface area contributed by atoms with Crippen molar-refractivity contribution in [2.75, 3.05) is 6.61 Å². The Morgan fingerprint density at radius 1 is 1.17 bits per heavy atom. The Morgan fingerprint density at radius 2 is 1.78 bits per heavy atom. The molecule has 0 fully saturated rings. The lowest BCUT2D eigenvalue weighted by atomic mass is 9.95. The third kappa shape index (κ3) is 2.74. The summed E-state index contributed by atoms with van der Waals surface area (Å²) >= 11 is 0. The molecule has 0 aliphatic heterocycles. The van der Waals surface area contributed by atoms with Gasteiger partial charge in [-0.2, -0.15) is 0 Å². The van der Waals surface area contributed by atoms with Crippen molar-refractivity contribution in [1.82, 2.24) is 0 Å². The highest BCUT2D eigenvalue weighted by Gasteiger charge is 2.23. The normalized spacial score (nSPS) is 20.3. The average Bonchev–Trinajstić information content (AvgIpc) is 3.02. The van der Waals surface area contributed by atoms with Crippen LogP contribution in [0, 0.1) is 0 Å². The zero-order chi connectivity index (χ0) is 13.0. The number of hydrogen-bond acceptors (Lipinski definition) is 2. The molecule has 2 aliphatic carbocycles. The van der Waals surface area contributed by atoms with Crippen LogP contribution in [-0.2, 0) is 9.53 Å². The van der Waals surface area contributed by atoms with Crippen LogP contribution in [0.1, 0.15) is 52.4 Å². The zero-order valence-electron chi connectivity index (χ0n) is 11.4. The smallest absolute Gasteiger partial charge is 0.338 e. The molecule has 0 amide bonds. The van der Waals surface area contributed by atoms with Gasteiger partial charge in [0.2, 0.25) is 0 Å². The van der Waals surface area contributed by atoms with Crippen molar-refractivity contribution >= 4 is 5.97 Å². The van der Waals surface area contributed by atoms with Gasteiger partial charge < -0.3 is 4.74 Å². The van der Waals surface area contributed by atoms with E-state index in [-0.39, 0.29) is 5.97 Å². The lowest BCUT2D eigenvalue weighted by molar-refractivity contribution is -0.138. The Hall–Kier alpha value is -1.31. The molecule has 0 saturated heterocycles. The van der Waals surface area contributed by atoms with Crippen molar-refractivity contribution in [2.24, 2.45) is 0 Å². The molecule has 0 N–H and O–H groups in total. The summed E-state index contributed by atoms with van der Waals surface area (Å²) in [6, 6.07) is 0. The molecule has 0 bridgehead atoms. The highest BCUT2D eigenvalue weighted by atomic mass is 16.5. The van der Waals surface area contributed by atoms with Crippen LogP contribution in [0.15, 0.2) is 34.4 Å². The van der Waals surface area contributed by atoms with Crippen LogP contribution >= 0.6 is 0 Å². The molecule has 0 saturated carbocycles. The molecule has 2 aliphatic rings. The summed E-state index contributed by atoms with van der Waals surface area (Å²) in [7, 11) is 0. The molecular formula is C16H22O2. The van der Waals surface area contributed by atoms with Crippen molar-refractivity contribution < 1.29 is 9.53 Å². The van der Waals surface area contributed by atoms with E-state index < -0.39 is 0 Å². The highest BCUT2D eigenvalue weighted by molar-refractivity contribution is 5.95. The summed E-state index contributed by atoms with van der Waals surface area (Å²) in [6.45, 7) is 4.38. The first kappa shape index (κ1) is 13.1. The number of hydrogen-bond donors (Lipinski definition) is 0. The van der Waals surface area contributed by atoms with Crippen LogP contribution in [0.3, 0.4) is 0 Å². The summed E-state index contributed by atoms with van der Waals surface area (Å²) in [6.07, 6.45) is 11.2. The number of carbonyl (C=O) groups excluding carboxylic acids is 1. The first-order valence-corrected chi connectivity index (χ1v) is 7.00. The predicted octanol–water partition coefficient (Wildman–Crippen LogP) is 4.09. The van der Waals surface area contributed by atoms with E-state index in [9.17, 15) is 4.79 Å². The number of allylic oxidation sites excluding steroid dienone is 4. The van der Waals surface area contributed by atoms with Crippen LogP contribution < -0.4 is 0 Å². The summed E-state index contributed by atoms with van der Waals surface area (Å²) in [5.41, 5.74) is 4.51. The van der Waals surface area contributed by atoms with E-state index in [2.05, 4.69) is 19.1 Å². The van der Waals surface area contributed by atoms with Gasteiger partial charge in [0.1, 0.15) is 0 Å². The highest BCUT2D eigenvalue weighted by Crippen LogP contribution is 2.33. The summed E-state index contributed by atoms with van der Waals surface area (Å²) < 4.78 is 5.23. The number of esters is 1. The van der Waals surface area contributed by atoms with E-state index in [1.807, 2.05) is 6.92 Å². The molecule has 0 atom stereocenters. The average molecular weight is 246 g/mol. The first-order valence-electron chi connectivity index (χ1n) is 7.00. The Labute approximate surface area is 109 Å². The molecule has 2 heteroatoms. The summed E-state index contributed by atoms with van der Waals surface area (Å²) in [4.78, 5) is 12.2. The fraction of sp³-hybridized carbons (Fsp3) is 0.562. The monoisotopic (exact) mass is 246 g/mol. The van der Waals surface area contributed by atoms with Gasteiger partial charge >= 0.3 is 5.97 Å². The molecule has 0 radical (unpaired) electrons. The molecule has 0 aromatic rings. The van der Waals surface area contributed by atoms with Gasteiger partial charge in [0.25, 0.3) is 0 Å². The maximum absolute atomic E-state index is 12.2. The number of ether oxygens (including phenoxy) is 1. The van der Waals surface area contributed by atoms with Gasteiger partial charge in [-0.3, -0.25) is 0 Å². The zero-order valence-corrected chi connectivity index (χ0v) is 11.4. The number of carbonyl (C=O) groups is 1. The fourth-order valence-electron chi connectivity index (χ4n) is 2.80. The largest absolute Gasteiger partial charge is 0.462 e. The molecule has 0 heterocycles. The molecule has 0 aromatic heterocycles. The van der Waals surface area contributed by atoms with E-state index >= 15 is 0 Å². The topological polar surface area (TPSA) is 26.3 Å². The van der Waals surface area contributed by atoms with Gasteiger partial charge in [0.05, 0.1) is 12.2 Å². The van der Waals surface area contributed by atoms with E-state index in [4.69, 9.17) is 4.74 Å². The van der Waals surface area contributed by atoms with Crippen molar-refractivity contribution in [3.05, 3.63) is 34.4 Å². The second kappa shape index (κ2) is 6.03. The summed E-state index contributed by atoms with van der Waals surface area (Å²) in [5.74, 6) is -0.143. The van der Waals surface area contributed by atoms with E-state index in [1.54, 1.807) is 0 Å². The van der Waals surface area contributed by atoms with Crippen LogP contribution in [0.25, 0.3) is 0 Å². The minimum Gasteiger partial charge on any atom is -0.462 e. The maximum Gasteiger partial charge on any atom is 0.338 e. The molecule has 2 rings (SSSR count). The Kier molecular flexibility index (Phi) is 4.40. The summed E-state index contributed by atoms with van der Waals surface area (Å²) in [5, 5.41) is 0. The van der Waals surface area contributed by atoms with Gasteiger partial charge in [-0.1, -0.05) is 12.2 Å². The molecule has 0 unspecified atom stereocenters. The minimum atomic E-state index is -0.143. The molecular weight excluding hydrogens is 224 g/mol. The second-order valence-corrected chi connectivity index (χ2v) is 4.96. The Bertz CT molecular complexity index is 424. The van der Waals surface area contributed by atoms with Crippen LogP contribution in [0.5, 0.6) is 0 Å². The van der Waals surface area contributed by atoms with Gasteiger partial charge in [-0.15, -0.1) is 0 Å². The molecule has 0 aromatic carbocycles. The van der Waals surface area contributed by atoms with E-state index in [0.29, 0.717) is 6.61 Å². The first-order chi connectivity index (χ1) is 8.74. The van der Waals surface area contributed by atoms with Gasteiger partial charge in [0.15, 0.2) is 0 Å². The molecule has 98 valence electrons. The Balaban J connectivity index is 2.33. The maximum atomic E-state index is 12.2. The van der Waals surface area contributed by atoms with Gasteiger partial charge in [-0.25, -0.2) is 4.79 Å². The third-order valence-electron chi connectivity index (χ3n) is 3.74. The molecule has 18 heavy (non-hydrogen) atoms. The lowest BCUT2D eigenvalue weighted by Gasteiger charge is -2.13. The minimum absolute atomic E-state index is 0.143. The molecule has 0 spiro atoms. The van der Waals surface area contributed by atoms with Crippen LogP contribution in [0.4, 0.5) is 0 Å². The van der Waals surface area contributed by atoms with Gasteiger partial charge in [0, 0.05) is 0 Å². The number of rotatable bonds is 4. The van der Waals surface area contributed by atoms with Crippen LogP contribution in [0.2, 0.25) is 0 Å². The second-order valence-electron chi connectivity index (χ2n) is 4.96. The third-order valence-corrected chi connectivity index (χ3v) is 3.74. The van der Waals surface area contributed by atoms with Crippen LogP contribution in [-0.4, -0.2) is 12.6 Å². The van der Waals surface area contributed by atoms with E-state index in [1.165, 1.54) is 17.6 Å². The molecule has 2 nitrogen and oxygen atoms in total. The van der Waals surface area contributed by atoms with E-state index in [0.717, 1.165) is 43.3 Å². The standard InChI is InChI=1S/C16H22O2/c1-3-18-16(17)15(14-10-6-7-11-14)12(2)13-8-4-5-9-13/h8,10H,3-7,9,11H2,1-2H3. The fourth-order valence-corrected chi connectivity index (χ4v) is 2.80. The predicted molar refractivity (Wildman–Crippen MR) is 73.2 cm³/mol. The van der Waals surface area contributed by atoms with Crippen molar-refractivity contribution in [1.29, 1.82) is 0 Å². The van der Waals surface area contributed by atoms with Crippen molar-refractivity contribution in [2.45, 2.75) is 52.4 Å².